The number of ether oxygens (including phenoxy) is 4. The van der Waals surface area contributed by atoms with Gasteiger partial charge in [-0.3, -0.25) is 4.79 Å². The smallest absolute Gasteiger partial charge is 0.342 e. The number of anilines is 1. The number of benzene rings is 2. The number of hydrogen-bond donors (Lipinski definition) is 1. The molecule has 1 amide bonds. The zero-order valence-electron chi connectivity index (χ0n) is 15.2. The quantitative estimate of drug-likeness (QED) is 0.786. The first-order chi connectivity index (χ1) is 13.1. The second-order valence-corrected chi connectivity index (χ2v) is 5.82. The molecule has 1 aliphatic heterocycles. The molecule has 0 saturated carbocycles. The maximum atomic E-state index is 12.4. The Morgan fingerprint density at radius 2 is 1.85 bits per heavy atom. The molecule has 0 radical (unpaired) electrons. The SMILES string of the molecule is CCOc1ccccc1C(=O)O[C@@H](C)C(=O)Nc1ccc2c(c1)OCCO2. The monoisotopic (exact) mass is 371 g/mol. The van der Waals surface area contributed by atoms with Crippen LogP contribution in [0.15, 0.2) is 42.5 Å². The molecule has 2 aromatic rings. The van der Waals surface area contributed by atoms with Crippen molar-refractivity contribution in [3.8, 4) is 17.2 Å². The van der Waals surface area contributed by atoms with Crippen LogP contribution in [0.25, 0.3) is 0 Å². The van der Waals surface area contributed by atoms with Crippen molar-refractivity contribution in [3.05, 3.63) is 48.0 Å². The third-order valence-electron chi connectivity index (χ3n) is 3.87. The molecule has 0 saturated heterocycles. The lowest BCUT2D eigenvalue weighted by Gasteiger charge is -2.19. The Labute approximate surface area is 157 Å². The van der Waals surface area contributed by atoms with E-state index in [4.69, 9.17) is 18.9 Å². The van der Waals surface area contributed by atoms with E-state index in [2.05, 4.69) is 5.32 Å². The lowest BCUT2D eigenvalue weighted by Crippen LogP contribution is -2.30. The van der Waals surface area contributed by atoms with Crippen molar-refractivity contribution in [2.45, 2.75) is 20.0 Å². The maximum absolute atomic E-state index is 12.4. The molecule has 3 rings (SSSR count). The topological polar surface area (TPSA) is 83.1 Å². The number of para-hydroxylation sites is 1. The van der Waals surface area contributed by atoms with Crippen LogP contribution in [0.2, 0.25) is 0 Å². The summed E-state index contributed by atoms with van der Waals surface area (Å²) in [6.07, 6.45) is -0.986. The predicted octanol–water partition coefficient (Wildman–Crippen LogP) is 3.04. The van der Waals surface area contributed by atoms with Gasteiger partial charge in [-0.15, -0.1) is 0 Å². The fraction of sp³-hybridized carbons (Fsp3) is 0.300. The molecule has 0 aliphatic carbocycles. The summed E-state index contributed by atoms with van der Waals surface area (Å²) in [6, 6.07) is 11.8. The van der Waals surface area contributed by atoms with E-state index in [1.54, 1.807) is 42.5 Å². The number of esters is 1. The van der Waals surface area contributed by atoms with Crippen molar-refractivity contribution in [2.24, 2.45) is 0 Å². The zero-order valence-corrected chi connectivity index (χ0v) is 15.2. The summed E-state index contributed by atoms with van der Waals surface area (Å²) in [5, 5.41) is 2.71. The number of nitrogens with one attached hydrogen (secondary N) is 1. The van der Waals surface area contributed by atoms with Crippen LogP contribution in [0.4, 0.5) is 5.69 Å². The van der Waals surface area contributed by atoms with E-state index in [9.17, 15) is 9.59 Å². The van der Waals surface area contributed by atoms with E-state index in [-0.39, 0.29) is 5.56 Å². The van der Waals surface area contributed by atoms with Gasteiger partial charge in [0.15, 0.2) is 17.6 Å². The molecule has 1 N–H and O–H groups in total. The van der Waals surface area contributed by atoms with Crippen LogP contribution in [0.5, 0.6) is 17.2 Å². The molecule has 1 aliphatic rings. The van der Waals surface area contributed by atoms with E-state index in [1.165, 1.54) is 6.92 Å². The average molecular weight is 371 g/mol. The minimum absolute atomic E-state index is 0.276. The summed E-state index contributed by atoms with van der Waals surface area (Å²) >= 11 is 0. The molecular weight excluding hydrogens is 350 g/mol. The van der Waals surface area contributed by atoms with Crippen molar-refractivity contribution >= 4 is 17.6 Å². The summed E-state index contributed by atoms with van der Waals surface area (Å²) in [7, 11) is 0. The van der Waals surface area contributed by atoms with E-state index in [0.29, 0.717) is 42.8 Å². The Hall–Kier alpha value is -3.22. The second-order valence-electron chi connectivity index (χ2n) is 5.82. The van der Waals surface area contributed by atoms with Crippen LogP contribution < -0.4 is 19.5 Å². The van der Waals surface area contributed by atoms with Crippen molar-refractivity contribution in [2.75, 3.05) is 25.1 Å². The number of rotatable bonds is 6. The highest BCUT2D eigenvalue weighted by atomic mass is 16.6. The fourth-order valence-corrected chi connectivity index (χ4v) is 2.56. The van der Waals surface area contributed by atoms with Crippen LogP contribution in [-0.2, 0) is 9.53 Å². The van der Waals surface area contributed by atoms with E-state index >= 15 is 0 Å². The summed E-state index contributed by atoms with van der Waals surface area (Å²) in [6.45, 7) is 4.71. The van der Waals surface area contributed by atoms with Crippen LogP contribution >= 0.6 is 0 Å². The third-order valence-corrected chi connectivity index (χ3v) is 3.87. The fourth-order valence-electron chi connectivity index (χ4n) is 2.56. The van der Waals surface area contributed by atoms with Gasteiger partial charge in [0.2, 0.25) is 0 Å². The molecule has 2 aromatic carbocycles. The second kappa shape index (κ2) is 8.44. The average Bonchev–Trinajstić information content (AvgIpc) is 2.68. The van der Waals surface area contributed by atoms with Crippen LogP contribution in [0.1, 0.15) is 24.2 Å². The van der Waals surface area contributed by atoms with Gasteiger partial charge in [-0.05, 0) is 38.1 Å². The molecule has 0 aromatic heterocycles. The van der Waals surface area contributed by atoms with Crippen LogP contribution in [0, 0.1) is 0 Å². The van der Waals surface area contributed by atoms with Crippen molar-refractivity contribution in [3.63, 3.8) is 0 Å². The summed E-state index contributed by atoms with van der Waals surface area (Å²) in [4.78, 5) is 24.7. The normalized spacial score (nSPS) is 13.4. The van der Waals surface area contributed by atoms with Gasteiger partial charge in [0.1, 0.15) is 24.5 Å². The van der Waals surface area contributed by atoms with Crippen LogP contribution in [-0.4, -0.2) is 37.8 Å². The Bertz CT molecular complexity index is 835. The summed E-state index contributed by atoms with van der Waals surface area (Å²) in [5.41, 5.74) is 0.806. The van der Waals surface area contributed by atoms with Gasteiger partial charge < -0.3 is 24.3 Å². The Morgan fingerprint density at radius 1 is 1.11 bits per heavy atom. The molecular formula is C20H21NO6. The van der Waals surface area contributed by atoms with Gasteiger partial charge in [0.25, 0.3) is 5.91 Å². The lowest BCUT2D eigenvalue weighted by atomic mass is 10.2. The minimum atomic E-state index is -0.986. The summed E-state index contributed by atoms with van der Waals surface area (Å²) < 4.78 is 21.6. The number of carbonyl (C=O) groups is 2. The van der Waals surface area contributed by atoms with Gasteiger partial charge in [0.05, 0.1) is 6.61 Å². The molecule has 0 bridgehead atoms. The lowest BCUT2D eigenvalue weighted by molar-refractivity contribution is -0.123. The predicted molar refractivity (Wildman–Crippen MR) is 98.6 cm³/mol. The van der Waals surface area contributed by atoms with Gasteiger partial charge in [-0.2, -0.15) is 0 Å². The Kier molecular flexibility index (Phi) is 5.80. The molecule has 7 heteroatoms. The van der Waals surface area contributed by atoms with Gasteiger partial charge in [0, 0.05) is 11.8 Å². The Morgan fingerprint density at radius 3 is 2.63 bits per heavy atom. The minimum Gasteiger partial charge on any atom is -0.493 e. The molecule has 0 spiro atoms. The molecule has 7 nitrogen and oxygen atoms in total. The number of carbonyl (C=O) groups excluding carboxylic acids is 2. The highest BCUT2D eigenvalue weighted by Gasteiger charge is 2.22. The zero-order chi connectivity index (χ0) is 19.2. The van der Waals surface area contributed by atoms with Gasteiger partial charge in [-0.25, -0.2) is 4.79 Å². The summed E-state index contributed by atoms with van der Waals surface area (Å²) in [5.74, 6) is 0.544. The first-order valence-corrected chi connectivity index (χ1v) is 8.71. The Balaban J connectivity index is 1.63. The maximum Gasteiger partial charge on any atom is 0.342 e. The third kappa shape index (κ3) is 4.49. The molecule has 0 unspecified atom stereocenters. The van der Waals surface area contributed by atoms with Crippen molar-refractivity contribution in [1.82, 2.24) is 0 Å². The van der Waals surface area contributed by atoms with Crippen molar-refractivity contribution < 1.29 is 28.5 Å². The molecule has 27 heavy (non-hydrogen) atoms. The van der Waals surface area contributed by atoms with Gasteiger partial charge in [-0.1, -0.05) is 12.1 Å². The molecule has 1 atom stereocenters. The van der Waals surface area contributed by atoms with E-state index in [1.807, 2.05) is 6.92 Å². The number of hydrogen-bond acceptors (Lipinski definition) is 6. The van der Waals surface area contributed by atoms with E-state index < -0.39 is 18.0 Å². The molecule has 0 fully saturated rings. The standard InChI is InChI=1S/C20H21NO6/c1-3-24-16-7-5-4-6-15(16)20(23)27-13(2)19(22)21-14-8-9-17-18(12-14)26-11-10-25-17/h4-9,12-13H,3,10-11H2,1-2H3,(H,21,22)/t13-/m0/s1. The largest absolute Gasteiger partial charge is 0.493 e. The van der Waals surface area contributed by atoms with Gasteiger partial charge >= 0.3 is 5.97 Å². The van der Waals surface area contributed by atoms with Crippen LogP contribution in [0.3, 0.4) is 0 Å². The number of amides is 1. The van der Waals surface area contributed by atoms with E-state index in [0.717, 1.165) is 0 Å². The first kappa shape index (κ1) is 18.6. The molecule has 1 heterocycles. The highest BCUT2D eigenvalue weighted by Crippen LogP contribution is 2.32. The number of fused-ring (bicyclic) bond motifs is 1. The van der Waals surface area contributed by atoms with Crippen molar-refractivity contribution in [1.29, 1.82) is 0 Å². The molecule has 142 valence electrons. The first-order valence-electron chi connectivity index (χ1n) is 8.71. The highest BCUT2D eigenvalue weighted by molar-refractivity contribution is 5.98.